The molecule has 0 amide bonds. The van der Waals surface area contributed by atoms with Crippen molar-refractivity contribution in [1.29, 1.82) is 0 Å². The smallest absolute Gasteiger partial charge is 0.0576 e. The van der Waals surface area contributed by atoms with Gasteiger partial charge < -0.3 is 10.1 Å². The van der Waals surface area contributed by atoms with Gasteiger partial charge in [0.1, 0.15) is 0 Å². The third-order valence-corrected chi connectivity index (χ3v) is 4.91. The van der Waals surface area contributed by atoms with Gasteiger partial charge in [0, 0.05) is 12.6 Å². The van der Waals surface area contributed by atoms with Gasteiger partial charge in [0.2, 0.25) is 0 Å². The molecular formula is C16H31NO. The predicted molar refractivity (Wildman–Crippen MR) is 76.9 cm³/mol. The summed E-state index contributed by atoms with van der Waals surface area (Å²) in [7, 11) is 2.13. The molecule has 0 spiro atoms. The quantitative estimate of drug-likeness (QED) is 0.708. The molecule has 2 unspecified atom stereocenters. The highest BCUT2D eigenvalue weighted by molar-refractivity contribution is 4.73. The second kappa shape index (κ2) is 8.16. The third-order valence-electron chi connectivity index (χ3n) is 4.91. The van der Waals surface area contributed by atoms with Crippen LogP contribution in [0.1, 0.15) is 70.6 Å². The van der Waals surface area contributed by atoms with Crippen LogP contribution in [0.2, 0.25) is 0 Å². The summed E-state index contributed by atoms with van der Waals surface area (Å²) < 4.78 is 5.69. The molecule has 0 bridgehead atoms. The Morgan fingerprint density at radius 2 is 1.89 bits per heavy atom. The Balaban J connectivity index is 1.53. The second-order valence-corrected chi connectivity index (χ2v) is 6.28. The second-order valence-electron chi connectivity index (χ2n) is 6.28. The van der Waals surface area contributed by atoms with Crippen molar-refractivity contribution in [3.05, 3.63) is 0 Å². The molecule has 0 aromatic rings. The molecule has 2 atom stereocenters. The fraction of sp³-hybridized carbons (Fsp3) is 1.00. The van der Waals surface area contributed by atoms with Gasteiger partial charge in [0.15, 0.2) is 0 Å². The van der Waals surface area contributed by atoms with E-state index in [2.05, 4.69) is 12.4 Å². The lowest BCUT2D eigenvalue weighted by molar-refractivity contribution is 0.101. The molecule has 0 aromatic heterocycles. The van der Waals surface area contributed by atoms with E-state index in [0.717, 1.165) is 18.6 Å². The molecule has 1 N–H and O–H groups in total. The lowest BCUT2D eigenvalue weighted by atomic mass is 9.95. The zero-order valence-electron chi connectivity index (χ0n) is 12.1. The molecule has 0 radical (unpaired) electrons. The van der Waals surface area contributed by atoms with Crippen molar-refractivity contribution in [2.24, 2.45) is 5.92 Å². The zero-order chi connectivity index (χ0) is 12.6. The summed E-state index contributed by atoms with van der Waals surface area (Å²) in [5.74, 6) is 1.04. The van der Waals surface area contributed by atoms with Crippen LogP contribution in [0.25, 0.3) is 0 Å². The molecule has 2 aliphatic rings. The Bertz CT molecular complexity index is 207. The molecule has 106 valence electrons. The monoisotopic (exact) mass is 253 g/mol. The molecule has 2 rings (SSSR count). The normalized spacial score (nSPS) is 26.8. The molecule has 2 heteroatoms. The Morgan fingerprint density at radius 1 is 1.06 bits per heavy atom. The molecule has 1 saturated carbocycles. The predicted octanol–water partition coefficient (Wildman–Crippen LogP) is 3.89. The minimum absolute atomic E-state index is 0.581. The SMILES string of the molecule is CNC(CCCC1CCCO1)CCC1CCCC1. The van der Waals surface area contributed by atoms with Crippen molar-refractivity contribution < 1.29 is 4.74 Å². The van der Waals surface area contributed by atoms with Crippen LogP contribution in [-0.4, -0.2) is 25.8 Å². The van der Waals surface area contributed by atoms with Crippen molar-refractivity contribution in [2.45, 2.75) is 82.8 Å². The highest BCUT2D eigenvalue weighted by Gasteiger charge is 2.18. The van der Waals surface area contributed by atoms with Crippen LogP contribution in [-0.2, 0) is 4.74 Å². The first-order chi connectivity index (χ1) is 8.88. The Kier molecular flexibility index (Phi) is 6.50. The lowest BCUT2D eigenvalue weighted by Crippen LogP contribution is -2.26. The summed E-state index contributed by atoms with van der Waals surface area (Å²) in [6, 6.07) is 0.743. The lowest BCUT2D eigenvalue weighted by Gasteiger charge is -2.19. The molecule has 1 aliphatic carbocycles. The van der Waals surface area contributed by atoms with Crippen LogP contribution < -0.4 is 5.32 Å². The van der Waals surface area contributed by atoms with E-state index < -0.39 is 0 Å². The van der Waals surface area contributed by atoms with E-state index in [1.165, 1.54) is 70.6 Å². The molecule has 1 saturated heterocycles. The van der Waals surface area contributed by atoms with E-state index >= 15 is 0 Å². The van der Waals surface area contributed by atoms with Crippen molar-refractivity contribution in [3.8, 4) is 0 Å². The maximum absolute atomic E-state index is 5.69. The van der Waals surface area contributed by atoms with Crippen molar-refractivity contribution >= 4 is 0 Å². The Morgan fingerprint density at radius 3 is 2.56 bits per heavy atom. The average molecular weight is 253 g/mol. The third kappa shape index (κ3) is 4.89. The molecule has 1 heterocycles. The summed E-state index contributed by atoms with van der Waals surface area (Å²) in [5, 5.41) is 3.51. The van der Waals surface area contributed by atoms with Crippen LogP contribution >= 0.6 is 0 Å². The summed E-state index contributed by atoms with van der Waals surface area (Å²) >= 11 is 0. The van der Waals surface area contributed by atoms with Gasteiger partial charge in [0.25, 0.3) is 0 Å². The van der Waals surface area contributed by atoms with E-state index in [4.69, 9.17) is 4.74 Å². The number of rotatable bonds is 8. The van der Waals surface area contributed by atoms with Crippen LogP contribution in [0.3, 0.4) is 0 Å². The summed E-state index contributed by atoms with van der Waals surface area (Å²) in [4.78, 5) is 0. The highest BCUT2D eigenvalue weighted by atomic mass is 16.5. The summed E-state index contributed by atoms with van der Waals surface area (Å²) in [6.45, 7) is 1.00. The Labute approximate surface area is 113 Å². The van der Waals surface area contributed by atoms with Gasteiger partial charge in [-0.3, -0.25) is 0 Å². The van der Waals surface area contributed by atoms with Crippen LogP contribution in [0.5, 0.6) is 0 Å². The average Bonchev–Trinajstić information content (AvgIpc) is 3.06. The van der Waals surface area contributed by atoms with E-state index in [1.54, 1.807) is 0 Å². The largest absolute Gasteiger partial charge is 0.378 e. The van der Waals surface area contributed by atoms with E-state index in [9.17, 15) is 0 Å². The first-order valence-electron chi connectivity index (χ1n) is 8.17. The van der Waals surface area contributed by atoms with Gasteiger partial charge in [0.05, 0.1) is 6.10 Å². The van der Waals surface area contributed by atoms with Crippen molar-refractivity contribution in [1.82, 2.24) is 5.32 Å². The van der Waals surface area contributed by atoms with Gasteiger partial charge in [-0.1, -0.05) is 25.7 Å². The van der Waals surface area contributed by atoms with Crippen LogP contribution in [0.15, 0.2) is 0 Å². The fourth-order valence-electron chi connectivity index (χ4n) is 3.63. The summed E-state index contributed by atoms with van der Waals surface area (Å²) in [6.07, 6.45) is 15.9. The maximum Gasteiger partial charge on any atom is 0.0576 e. The minimum atomic E-state index is 0.581. The molecule has 0 aromatic carbocycles. The number of hydrogen-bond acceptors (Lipinski definition) is 2. The molecule has 2 fully saturated rings. The minimum Gasteiger partial charge on any atom is -0.378 e. The molecular weight excluding hydrogens is 222 g/mol. The van der Waals surface area contributed by atoms with E-state index in [1.807, 2.05) is 0 Å². The fourth-order valence-corrected chi connectivity index (χ4v) is 3.63. The van der Waals surface area contributed by atoms with Gasteiger partial charge in [-0.05, 0) is 57.9 Å². The first kappa shape index (κ1) is 14.3. The van der Waals surface area contributed by atoms with Crippen molar-refractivity contribution in [3.63, 3.8) is 0 Å². The zero-order valence-corrected chi connectivity index (χ0v) is 12.1. The molecule has 1 aliphatic heterocycles. The van der Waals surface area contributed by atoms with Gasteiger partial charge in [-0.15, -0.1) is 0 Å². The van der Waals surface area contributed by atoms with Gasteiger partial charge in [-0.25, -0.2) is 0 Å². The number of ether oxygens (including phenoxy) is 1. The molecule has 18 heavy (non-hydrogen) atoms. The van der Waals surface area contributed by atoms with Crippen molar-refractivity contribution in [2.75, 3.05) is 13.7 Å². The highest BCUT2D eigenvalue weighted by Crippen LogP contribution is 2.29. The topological polar surface area (TPSA) is 21.3 Å². The first-order valence-corrected chi connectivity index (χ1v) is 8.17. The van der Waals surface area contributed by atoms with Gasteiger partial charge >= 0.3 is 0 Å². The van der Waals surface area contributed by atoms with Crippen LogP contribution in [0.4, 0.5) is 0 Å². The number of nitrogens with one attached hydrogen (secondary N) is 1. The number of hydrogen-bond donors (Lipinski definition) is 1. The van der Waals surface area contributed by atoms with E-state index in [-0.39, 0.29) is 0 Å². The van der Waals surface area contributed by atoms with Gasteiger partial charge in [-0.2, -0.15) is 0 Å². The summed E-state index contributed by atoms with van der Waals surface area (Å²) in [5.41, 5.74) is 0. The standard InChI is InChI=1S/C16H31NO/c1-17-15(12-11-14-6-2-3-7-14)8-4-9-16-10-5-13-18-16/h14-17H,2-13H2,1H3. The van der Waals surface area contributed by atoms with Crippen LogP contribution in [0, 0.1) is 5.92 Å². The molecule has 2 nitrogen and oxygen atoms in total. The Hall–Kier alpha value is -0.0800. The van der Waals surface area contributed by atoms with E-state index in [0.29, 0.717) is 6.10 Å². The maximum atomic E-state index is 5.69.